The van der Waals surface area contributed by atoms with E-state index in [1.165, 1.54) is 32.6 Å². The SMILES string of the molecule is COc1cc(OC)c([N+](=O)[O-])cc1/C=N/NC(=O)c1ccc(C)cc1. The third-order valence-electron chi connectivity index (χ3n) is 3.41. The number of ether oxygens (including phenoxy) is 2. The van der Waals surface area contributed by atoms with Crippen molar-refractivity contribution in [2.75, 3.05) is 14.2 Å². The van der Waals surface area contributed by atoms with E-state index in [2.05, 4.69) is 10.5 Å². The molecule has 0 heterocycles. The number of nitro groups is 1. The first-order valence-corrected chi connectivity index (χ1v) is 7.26. The summed E-state index contributed by atoms with van der Waals surface area (Å²) in [6.07, 6.45) is 1.28. The van der Waals surface area contributed by atoms with Crippen LogP contribution in [-0.2, 0) is 0 Å². The molecule has 0 fully saturated rings. The van der Waals surface area contributed by atoms with E-state index in [1.54, 1.807) is 12.1 Å². The predicted octanol–water partition coefficient (Wildman–Crippen LogP) is 2.68. The zero-order chi connectivity index (χ0) is 18.4. The van der Waals surface area contributed by atoms with Gasteiger partial charge in [-0.05, 0) is 19.1 Å². The van der Waals surface area contributed by atoms with Gasteiger partial charge in [-0.15, -0.1) is 0 Å². The molecule has 0 saturated carbocycles. The highest BCUT2D eigenvalue weighted by Crippen LogP contribution is 2.33. The Morgan fingerprint density at radius 3 is 2.36 bits per heavy atom. The summed E-state index contributed by atoms with van der Waals surface area (Å²) in [6.45, 7) is 1.92. The van der Waals surface area contributed by atoms with Crippen LogP contribution < -0.4 is 14.9 Å². The van der Waals surface area contributed by atoms with Crippen molar-refractivity contribution >= 4 is 17.8 Å². The molecule has 8 nitrogen and oxygen atoms in total. The smallest absolute Gasteiger partial charge is 0.311 e. The van der Waals surface area contributed by atoms with Crippen molar-refractivity contribution in [3.05, 3.63) is 63.2 Å². The number of nitrogens with zero attached hydrogens (tertiary/aromatic N) is 2. The zero-order valence-electron chi connectivity index (χ0n) is 14.0. The second-order valence-corrected chi connectivity index (χ2v) is 5.09. The van der Waals surface area contributed by atoms with Crippen LogP contribution in [0.15, 0.2) is 41.5 Å². The molecule has 0 radical (unpaired) electrons. The van der Waals surface area contributed by atoms with Gasteiger partial charge in [0.05, 0.1) is 25.4 Å². The highest BCUT2D eigenvalue weighted by Gasteiger charge is 2.18. The number of hydrogen-bond acceptors (Lipinski definition) is 6. The van der Waals surface area contributed by atoms with Crippen LogP contribution in [0.2, 0.25) is 0 Å². The lowest BCUT2D eigenvalue weighted by Crippen LogP contribution is -2.17. The van der Waals surface area contributed by atoms with E-state index in [4.69, 9.17) is 9.47 Å². The van der Waals surface area contributed by atoms with E-state index in [9.17, 15) is 14.9 Å². The second-order valence-electron chi connectivity index (χ2n) is 5.09. The van der Waals surface area contributed by atoms with E-state index >= 15 is 0 Å². The molecule has 0 aliphatic heterocycles. The Hall–Kier alpha value is -3.42. The summed E-state index contributed by atoms with van der Waals surface area (Å²) >= 11 is 0. The third-order valence-corrected chi connectivity index (χ3v) is 3.41. The van der Waals surface area contributed by atoms with E-state index in [0.717, 1.165) is 5.56 Å². The predicted molar refractivity (Wildman–Crippen MR) is 92.4 cm³/mol. The van der Waals surface area contributed by atoms with Crippen LogP contribution in [0.4, 0.5) is 5.69 Å². The highest BCUT2D eigenvalue weighted by atomic mass is 16.6. The first-order chi connectivity index (χ1) is 12.0. The molecule has 0 aromatic heterocycles. The highest BCUT2D eigenvalue weighted by molar-refractivity contribution is 5.95. The van der Waals surface area contributed by atoms with Crippen LogP contribution in [-0.4, -0.2) is 31.3 Å². The van der Waals surface area contributed by atoms with Crippen molar-refractivity contribution in [3.63, 3.8) is 0 Å². The van der Waals surface area contributed by atoms with Crippen molar-refractivity contribution in [2.45, 2.75) is 6.92 Å². The molecular formula is C17H17N3O5. The lowest BCUT2D eigenvalue weighted by molar-refractivity contribution is -0.385. The van der Waals surface area contributed by atoms with Crippen molar-refractivity contribution in [1.82, 2.24) is 5.43 Å². The summed E-state index contributed by atoms with van der Waals surface area (Å²) in [6, 6.07) is 9.64. The molecule has 0 unspecified atom stereocenters. The standard InChI is InChI=1S/C17H17N3O5/c1-11-4-6-12(7-5-11)17(21)19-18-10-13-8-14(20(22)23)16(25-3)9-15(13)24-2/h4-10H,1-3H3,(H,19,21)/b18-10+. The molecule has 130 valence electrons. The topological polar surface area (TPSA) is 103 Å². The summed E-state index contributed by atoms with van der Waals surface area (Å²) in [7, 11) is 2.75. The van der Waals surface area contributed by atoms with Crippen LogP contribution in [0.5, 0.6) is 11.5 Å². The number of methoxy groups -OCH3 is 2. The first-order valence-electron chi connectivity index (χ1n) is 7.26. The van der Waals surface area contributed by atoms with Crippen LogP contribution in [0, 0.1) is 17.0 Å². The third kappa shape index (κ3) is 4.31. The number of nitrogens with one attached hydrogen (secondary N) is 1. The first kappa shape index (κ1) is 17.9. The fourth-order valence-corrected chi connectivity index (χ4v) is 2.08. The number of benzene rings is 2. The molecule has 0 aliphatic carbocycles. The maximum absolute atomic E-state index is 12.0. The van der Waals surface area contributed by atoms with Gasteiger partial charge in [-0.25, -0.2) is 5.43 Å². The molecule has 0 bridgehead atoms. The Morgan fingerprint density at radius 2 is 1.80 bits per heavy atom. The minimum Gasteiger partial charge on any atom is -0.496 e. The van der Waals surface area contributed by atoms with E-state index < -0.39 is 10.8 Å². The van der Waals surface area contributed by atoms with Crippen molar-refractivity contribution in [3.8, 4) is 11.5 Å². The van der Waals surface area contributed by atoms with Crippen LogP contribution in [0.25, 0.3) is 0 Å². The van der Waals surface area contributed by atoms with Gasteiger partial charge in [-0.1, -0.05) is 17.7 Å². The fraction of sp³-hybridized carbons (Fsp3) is 0.176. The lowest BCUT2D eigenvalue weighted by atomic mass is 10.1. The molecule has 2 aromatic rings. The van der Waals surface area contributed by atoms with Crippen molar-refractivity contribution in [1.29, 1.82) is 0 Å². The maximum Gasteiger partial charge on any atom is 0.311 e. The summed E-state index contributed by atoms with van der Waals surface area (Å²) in [5.74, 6) is 0.0108. The van der Waals surface area contributed by atoms with E-state index in [-0.39, 0.29) is 11.4 Å². The molecule has 25 heavy (non-hydrogen) atoms. The van der Waals surface area contributed by atoms with E-state index in [1.807, 2.05) is 19.1 Å². The van der Waals surface area contributed by atoms with Gasteiger partial charge in [0.15, 0.2) is 0 Å². The van der Waals surface area contributed by atoms with Gasteiger partial charge in [0.25, 0.3) is 5.91 Å². The minimum atomic E-state index is -0.569. The monoisotopic (exact) mass is 343 g/mol. The van der Waals surface area contributed by atoms with Crippen molar-refractivity contribution in [2.24, 2.45) is 5.10 Å². The second kappa shape index (κ2) is 7.91. The molecule has 0 aliphatic rings. The molecule has 0 spiro atoms. The average Bonchev–Trinajstić information content (AvgIpc) is 2.61. The normalized spacial score (nSPS) is 10.5. The number of carbonyl (C=O) groups is 1. The number of nitro benzene ring substituents is 1. The number of aryl methyl sites for hydroxylation is 1. The summed E-state index contributed by atoms with van der Waals surface area (Å²) < 4.78 is 10.1. The maximum atomic E-state index is 12.0. The molecular weight excluding hydrogens is 326 g/mol. The molecule has 0 saturated heterocycles. The Balaban J connectivity index is 2.22. The molecule has 2 aromatic carbocycles. The van der Waals surface area contributed by atoms with Gasteiger partial charge in [0.2, 0.25) is 5.75 Å². The number of amides is 1. The van der Waals surface area contributed by atoms with Crippen LogP contribution in [0.3, 0.4) is 0 Å². The Labute approximate surface area is 144 Å². The lowest BCUT2D eigenvalue weighted by Gasteiger charge is -2.08. The van der Waals surface area contributed by atoms with Gasteiger partial charge < -0.3 is 9.47 Å². The average molecular weight is 343 g/mol. The summed E-state index contributed by atoms with van der Waals surface area (Å²) in [5.41, 5.74) is 3.97. The minimum absolute atomic E-state index is 0.0719. The quantitative estimate of drug-likeness (QED) is 0.493. The number of rotatable bonds is 6. The Kier molecular flexibility index (Phi) is 5.67. The van der Waals surface area contributed by atoms with Gasteiger partial charge in [0.1, 0.15) is 5.75 Å². The molecule has 2 rings (SSSR count). The largest absolute Gasteiger partial charge is 0.496 e. The van der Waals surface area contributed by atoms with Gasteiger partial charge in [-0.2, -0.15) is 5.10 Å². The van der Waals surface area contributed by atoms with E-state index in [0.29, 0.717) is 16.9 Å². The Bertz CT molecular complexity index is 816. The number of hydrazone groups is 1. The van der Waals surface area contributed by atoms with Crippen LogP contribution in [0.1, 0.15) is 21.5 Å². The van der Waals surface area contributed by atoms with Crippen molar-refractivity contribution < 1.29 is 19.2 Å². The van der Waals surface area contributed by atoms with Gasteiger partial charge in [0, 0.05) is 23.3 Å². The number of hydrogen-bond donors (Lipinski definition) is 1. The molecule has 0 atom stereocenters. The van der Waals surface area contributed by atoms with Crippen LogP contribution >= 0.6 is 0 Å². The van der Waals surface area contributed by atoms with Gasteiger partial charge >= 0.3 is 5.69 Å². The molecule has 8 heteroatoms. The zero-order valence-corrected chi connectivity index (χ0v) is 14.0. The summed E-state index contributed by atoms with van der Waals surface area (Å²) in [4.78, 5) is 22.5. The molecule has 1 N–H and O–H groups in total. The number of carbonyl (C=O) groups excluding carboxylic acids is 1. The fourth-order valence-electron chi connectivity index (χ4n) is 2.08. The molecule has 1 amide bonds. The summed E-state index contributed by atoms with van der Waals surface area (Å²) in [5, 5.41) is 14.9. The Morgan fingerprint density at radius 1 is 1.16 bits per heavy atom. The van der Waals surface area contributed by atoms with Gasteiger partial charge in [-0.3, -0.25) is 14.9 Å².